The fourth-order valence-corrected chi connectivity index (χ4v) is 3.06. The molecule has 0 saturated heterocycles. The van der Waals surface area contributed by atoms with Crippen molar-refractivity contribution < 1.29 is 17.6 Å². The van der Waals surface area contributed by atoms with Crippen LogP contribution in [0.1, 0.15) is 11.1 Å². The highest BCUT2D eigenvalue weighted by molar-refractivity contribution is 6.08. The van der Waals surface area contributed by atoms with Crippen LogP contribution in [0.25, 0.3) is 32.7 Å². The molecule has 0 bridgehead atoms. The molecule has 0 atom stereocenters. The quantitative estimate of drug-likeness (QED) is 0.318. The molecular formula is C19H11F3O2. The topological polar surface area (TPSA) is 30.2 Å². The third kappa shape index (κ3) is 2.08. The fraction of sp³-hybridized carbons (Fsp3) is 0.105. The van der Waals surface area contributed by atoms with Crippen molar-refractivity contribution in [1.29, 1.82) is 0 Å². The summed E-state index contributed by atoms with van der Waals surface area (Å²) in [7, 11) is 0. The number of aryl methyl sites for hydroxylation is 1. The minimum atomic E-state index is -4.62. The second-order valence-electron chi connectivity index (χ2n) is 5.77. The molecule has 0 unspecified atom stereocenters. The molecule has 1 heterocycles. The van der Waals surface area contributed by atoms with Gasteiger partial charge in [-0.1, -0.05) is 35.9 Å². The van der Waals surface area contributed by atoms with Gasteiger partial charge in [0.1, 0.15) is 11.2 Å². The molecule has 4 aromatic rings. The van der Waals surface area contributed by atoms with Crippen molar-refractivity contribution in [2.75, 3.05) is 0 Å². The Morgan fingerprint density at radius 1 is 0.917 bits per heavy atom. The van der Waals surface area contributed by atoms with Gasteiger partial charge >= 0.3 is 6.18 Å². The van der Waals surface area contributed by atoms with E-state index in [2.05, 4.69) is 0 Å². The predicted molar refractivity (Wildman–Crippen MR) is 87.2 cm³/mol. The van der Waals surface area contributed by atoms with Gasteiger partial charge in [-0.3, -0.25) is 4.79 Å². The molecule has 24 heavy (non-hydrogen) atoms. The molecule has 0 spiro atoms. The van der Waals surface area contributed by atoms with Gasteiger partial charge in [0.2, 0.25) is 5.43 Å². The number of halogens is 3. The van der Waals surface area contributed by atoms with Gasteiger partial charge in [0.25, 0.3) is 0 Å². The van der Waals surface area contributed by atoms with E-state index >= 15 is 0 Å². The van der Waals surface area contributed by atoms with Crippen LogP contribution in [0.3, 0.4) is 0 Å². The lowest BCUT2D eigenvalue weighted by Gasteiger charge is -2.11. The van der Waals surface area contributed by atoms with Crippen LogP contribution in [0.5, 0.6) is 0 Å². The molecule has 3 aromatic carbocycles. The van der Waals surface area contributed by atoms with Gasteiger partial charge in [-0.15, -0.1) is 0 Å². The molecule has 0 N–H and O–H groups in total. The van der Waals surface area contributed by atoms with E-state index in [1.807, 2.05) is 19.1 Å². The minimum Gasteiger partial charge on any atom is -0.456 e. The highest BCUT2D eigenvalue weighted by Crippen LogP contribution is 2.35. The maximum Gasteiger partial charge on any atom is 0.417 e. The summed E-state index contributed by atoms with van der Waals surface area (Å²) in [5.74, 6) is 0. The van der Waals surface area contributed by atoms with E-state index in [0.717, 1.165) is 17.0 Å². The molecule has 0 aliphatic heterocycles. The van der Waals surface area contributed by atoms with Crippen molar-refractivity contribution in [3.05, 3.63) is 69.9 Å². The van der Waals surface area contributed by atoms with E-state index in [1.54, 1.807) is 18.2 Å². The van der Waals surface area contributed by atoms with Crippen LogP contribution >= 0.6 is 0 Å². The van der Waals surface area contributed by atoms with Gasteiger partial charge in [-0.25, -0.2) is 0 Å². The van der Waals surface area contributed by atoms with Crippen molar-refractivity contribution in [1.82, 2.24) is 0 Å². The van der Waals surface area contributed by atoms with Crippen LogP contribution in [0.2, 0.25) is 0 Å². The smallest absolute Gasteiger partial charge is 0.417 e. The van der Waals surface area contributed by atoms with Gasteiger partial charge in [0, 0.05) is 0 Å². The molecule has 4 rings (SSSR count). The summed E-state index contributed by atoms with van der Waals surface area (Å²) in [5, 5.41) is 1.14. The van der Waals surface area contributed by atoms with Crippen molar-refractivity contribution >= 4 is 32.7 Å². The highest BCUT2D eigenvalue weighted by Gasteiger charge is 2.34. The Hall–Kier alpha value is -2.82. The van der Waals surface area contributed by atoms with Crippen molar-refractivity contribution in [3.63, 3.8) is 0 Å². The van der Waals surface area contributed by atoms with E-state index in [4.69, 9.17) is 4.42 Å². The molecule has 120 valence electrons. The lowest BCUT2D eigenvalue weighted by atomic mass is 10.0. The number of fused-ring (bicyclic) bond motifs is 4. The first kappa shape index (κ1) is 14.8. The summed E-state index contributed by atoms with van der Waals surface area (Å²) in [6, 6.07) is 12.4. The molecule has 2 nitrogen and oxygen atoms in total. The standard InChI is InChI=1S/C19H11F3O2/c1-10-5-6-11-7-8-15-16(12(11)9-10)18(23)17-13(19(20,21)22)3-2-4-14(17)24-15/h2-9H,1H3. The van der Waals surface area contributed by atoms with E-state index in [0.29, 0.717) is 5.39 Å². The zero-order chi connectivity index (χ0) is 17.1. The maximum atomic E-state index is 13.3. The first-order valence-corrected chi connectivity index (χ1v) is 7.32. The Labute approximate surface area is 134 Å². The molecule has 0 saturated carbocycles. The van der Waals surface area contributed by atoms with Crippen LogP contribution in [0.4, 0.5) is 13.2 Å². The van der Waals surface area contributed by atoms with Crippen molar-refractivity contribution in [3.8, 4) is 0 Å². The zero-order valence-electron chi connectivity index (χ0n) is 12.6. The largest absolute Gasteiger partial charge is 0.456 e. The Bertz CT molecular complexity index is 1170. The van der Waals surface area contributed by atoms with E-state index in [-0.39, 0.29) is 16.6 Å². The Morgan fingerprint density at radius 2 is 1.62 bits per heavy atom. The summed E-state index contributed by atoms with van der Waals surface area (Å²) in [5.41, 5.74) is -0.492. The SMILES string of the molecule is Cc1ccc2ccc3oc4cccc(C(F)(F)F)c4c(=O)c3c2c1. The van der Waals surface area contributed by atoms with E-state index < -0.39 is 22.6 Å². The molecule has 0 radical (unpaired) electrons. The monoisotopic (exact) mass is 328 g/mol. The summed E-state index contributed by atoms with van der Waals surface area (Å²) in [6.45, 7) is 1.86. The lowest BCUT2D eigenvalue weighted by Crippen LogP contribution is -2.12. The maximum absolute atomic E-state index is 13.3. The minimum absolute atomic E-state index is 0.0608. The van der Waals surface area contributed by atoms with Crippen LogP contribution < -0.4 is 5.43 Å². The van der Waals surface area contributed by atoms with Gasteiger partial charge < -0.3 is 4.42 Å². The molecule has 5 heteroatoms. The number of benzene rings is 3. The normalized spacial score (nSPS) is 12.3. The highest BCUT2D eigenvalue weighted by atomic mass is 19.4. The van der Waals surface area contributed by atoms with Crippen LogP contribution in [0.15, 0.2) is 57.7 Å². The van der Waals surface area contributed by atoms with E-state index in [9.17, 15) is 18.0 Å². The zero-order valence-corrected chi connectivity index (χ0v) is 12.6. The Balaban J connectivity index is 2.30. The van der Waals surface area contributed by atoms with Crippen molar-refractivity contribution in [2.45, 2.75) is 13.1 Å². The molecule has 0 fully saturated rings. The predicted octanol–water partition coefficient (Wildman–Crippen LogP) is 5.43. The summed E-state index contributed by atoms with van der Waals surface area (Å²) < 4.78 is 45.5. The van der Waals surface area contributed by atoms with Crippen LogP contribution in [-0.4, -0.2) is 0 Å². The van der Waals surface area contributed by atoms with Crippen molar-refractivity contribution in [2.24, 2.45) is 0 Å². The second kappa shape index (κ2) is 4.84. The first-order valence-electron chi connectivity index (χ1n) is 7.32. The van der Waals surface area contributed by atoms with Gasteiger partial charge in [0.05, 0.1) is 16.3 Å². The fourth-order valence-electron chi connectivity index (χ4n) is 3.06. The number of rotatable bonds is 0. The van der Waals surface area contributed by atoms with Crippen LogP contribution in [0, 0.1) is 6.92 Å². The molecule has 0 aliphatic carbocycles. The Kier molecular flexibility index (Phi) is 2.97. The average Bonchev–Trinajstić information content (AvgIpc) is 2.53. The molecule has 0 amide bonds. The Morgan fingerprint density at radius 3 is 2.38 bits per heavy atom. The third-order valence-electron chi connectivity index (χ3n) is 4.14. The van der Waals surface area contributed by atoms with Gasteiger partial charge in [-0.05, 0) is 35.9 Å². The summed E-state index contributed by atoms with van der Waals surface area (Å²) in [6.07, 6.45) is -4.62. The average molecular weight is 328 g/mol. The molecule has 1 aromatic heterocycles. The summed E-state index contributed by atoms with van der Waals surface area (Å²) >= 11 is 0. The second-order valence-corrected chi connectivity index (χ2v) is 5.77. The van der Waals surface area contributed by atoms with Gasteiger partial charge in [0.15, 0.2) is 0 Å². The first-order chi connectivity index (χ1) is 11.4. The molecule has 0 aliphatic rings. The molecular weight excluding hydrogens is 317 g/mol. The lowest BCUT2D eigenvalue weighted by molar-refractivity contribution is -0.136. The van der Waals surface area contributed by atoms with Crippen LogP contribution in [-0.2, 0) is 6.18 Å². The number of hydrogen-bond donors (Lipinski definition) is 0. The number of alkyl halides is 3. The van der Waals surface area contributed by atoms with Gasteiger partial charge in [-0.2, -0.15) is 13.2 Å². The van der Waals surface area contributed by atoms with E-state index in [1.165, 1.54) is 12.1 Å². The number of hydrogen-bond acceptors (Lipinski definition) is 2. The summed E-state index contributed by atoms with van der Waals surface area (Å²) in [4.78, 5) is 12.9. The third-order valence-corrected chi connectivity index (χ3v) is 4.14.